The van der Waals surface area contributed by atoms with Crippen LogP contribution in [0, 0.1) is 3.57 Å². The summed E-state index contributed by atoms with van der Waals surface area (Å²) in [7, 11) is -3.75. The van der Waals surface area contributed by atoms with Crippen LogP contribution in [0.4, 0.5) is 0 Å². The summed E-state index contributed by atoms with van der Waals surface area (Å²) >= 11 is 1.92. The summed E-state index contributed by atoms with van der Waals surface area (Å²) in [6.45, 7) is 1.23. The lowest BCUT2D eigenvalue weighted by Crippen LogP contribution is -2.20. The van der Waals surface area contributed by atoms with E-state index in [0.717, 1.165) is 6.26 Å². The lowest BCUT2D eigenvalue weighted by molar-refractivity contribution is -0.212. The zero-order valence-electron chi connectivity index (χ0n) is 9.51. The lowest BCUT2D eigenvalue weighted by atomic mass is 10.2. The SMILES string of the molecule is CC(=O)Oc1cc(/C([O-])=N/S(C)(=O)=O)ccc1I. The molecule has 1 aromatic rings. The van der Waals surface area contributed by atoms with E-state index < -0.39 is 21.9 Å². The van der Waals surface area contributed by atoms with Crippen molar-refractivity contribution in [1.82, 2.24) is 0 Å². The third kappa shape index (κ3) is 4.61. The number of benzene rings is 1. The van der Waals surface area contributed by atoms with Gasteiger partial charge >= 0.3 is 5.97 Å². The van der Waals surface area contributed by atoms with Crippen LogP contribution in [0.2, 0.25) is 0 Å². The standard InChI is InChI=1S/C10H10INO5S/c1-6(13)17-9-5-7(3-4-8(9)11)10(14)12-18(2,15)16/h3-5H,1-2H3,(H,12,14)/p-1. The molecule has 0 N–H and O–H groups in total. The lowest BCUT2D eigenvalue weighted by Gasteiger charge is -2.12. The maximum atomic E-state index is 11.5. The summed E-state index contributed by atoms with van der Waals surface area (Å²) in [4.78, 5) is 10.8. The smallest absolute Gasteiger partial charge is 0.308 e. The van der Waals surface area contributed by atoms with E-state index in [2.05, 4.69) is 4.40 Å². The largest absolute Gasteiger partial charge is 0.858 e. The van der Waals surface area contributed by atoms with E-state index in [9.17, 15) is 18.3 Å². The van der Waals surface area contributed by atoms with Gasteiger partial charge in [-0.3, -0.25) is 4.79 Å². The number of esters is 1. The Morgan fingerprint density at radius 1 is 1.44 bits per heavy atom. The molecule has 0 radical (unpaired) electrons. The minimum absolute atomic E-state index is 0.0390. The quantitative estimate of drug-likeness (QED) is 0.246. The second-order valence-corrected chi connectivity index (χ2v) is 6.18. The van der Waals surface area contributed by atoms with Crippen LogP contribution in [0.15, 0.2) is 22.6 Å². The molecule has 0 spiro atoms. The highest BCUT2D eigenvalue weighted by Crippen LogP contribution is 2.22. The summed E-state index contributed by atoms with van der Waals surface area (Å²) in [6.07, 6.45) is 0.824. The number of hydrogen-bond acceptors (Lipinski definition) is 5. The summed E-state index contributed by atoms with van der Waals surface area (Å²) < 4.78 is 30.3. The molecule has 0 fully saturated rings. The second-order valence-electron chi connectivity index (χ2n) is 3.37. The van der Waals surface area contributed by atoms with Crippen molar-refractivity contribution in [2.45, 2.75) is 6.92 Å². The first-order valence-electron chi connectivity index (χ1n) is 4.64. The fourth-order valence-corrected chi connectivity index (χ4v) is 1.92. The molecule has 0 aliphatic heterocycles. The van der Waals surface area contributed by atoms with Crippen molar-refractivity contribution in [2.75, 3.05) is 6.26 Å². The van der Waals surface area contributed by atoms with Gasteiger partial charge in [-0.2, -0.15) is 4.40 Å². The molecule has 18 heavy (non-hydrogen) atoms. The van der Waals surface area contributed by atoms with E-state index in [1.165, 1.54) is 25.1 Å². The molecule has 0 saturated carbocycles. The van der Waals surface area contributed by atoms with E-state index in [1.54, 1.807) is 0 Å². The zero-order chi connectivity index (χ0) is 13.9. The molecular weight excluding hydrogens is 373 g/mol. The van der Waals surface area contributed by atoms with Gasteiger partial charge in [0, 0.05) is 12.8 Å². The molecule has 98 valence electrons. The van der Waals surface area contributed by atoms with Crippen molar-refractivity contribution in [3.8, 4) is 5.75 Å². The van der Waals surface area contributed by atoms with Crippen molar-refractivity contribution in [3.05, 3.63) is 27.3 Å². The van der Waals surface area contributed by atoms with Crippen molar-refractivity contribution in [1.29, 1.82) is 0 Å². The van der Waals surface area contributed by atoms with Crippen LogP contribution >= 0.6 is 22.6 Å². The predicted molar refractivity (Wildman–Crippen MR) is 71.8 cm³/mol. The van der Waals surface area contributed by atoms with Gasteiger partial charge in [0.1, 0.15) is 5.75 Å². The third-order valence-corrected chi connectivity index (χ3v) is 3.07. The number of halogens is 1. The van der Waals surface area contributed by atoms with Gasteiger partial charge in [-0.05, 0) is 40.3 Å². The molecule has 0 aromatic heterocycles. The van der Waals surface area contributed by atoms with E-state index in [1.807, 2.05) is 22.6 Å². The number of sulfonamides is 1. The van der Waals surface area contributed by atoms with Gasteiger partial charge in [0.25, 0.3) is 0 Å². The Kier molecular flexibility index (Phi) is 4.68. The molecule has 0 heterocycles. The highest BCUT2D eigenvalue weighted by molar-refractivity contribution is 14.1. The fourth-order valence-electron chi connectivity index (χ4n) is 1.07. The van der Waals surface area contributed by atoms with Crippen LogP contribution < -0.4 is 9.84 Å². The molecule has 8 heteroatoms. The number of hydrogen-bond donors (Lipinski definition) is 0. The van der Waals surface area contributed by atoms with E-state index in [0.29, 0.717) is 3.57 Å². The molecular formula is C10H9INO5S-. The zero-order valence-corrected chi connectivity index (χ0v) is 12.5. The van der Waals surface area contributed by atoms with Crippen molar-refractivity contribution in [3.63, 3.8) is 0 Å². The molecule has 0 amide bonds. The first-order valence-corrected chi connectivity index (χ1v) is 7.57. The average Bonchev–Trinajstić information content (AvgIpc) is 2.17. The van der Waals surface area contributed by atoms with E-state index in [-0.39, 0.29) is 11.3 Å². The maximum absolute atomic E-state index is 11.5. The normalized spacial score (nSPS) is 12.3. The highest BCUT2D eigenvalue weighted by Gasteiger charge is 2.06. The van der Waals surface area contributed by atoms with Crippen LogP contribution in [0.1, 0.15) is 12.5 Å². The molecule has 6 nitrogen and oxygen atoms in total. The van der Waals surface area contributed by atoms with Gasteiger partial charge in [-0.1, -0.05) is 6.07 Å². The summed E-state index contributed by atoms with van der Waals surface area (Å²) in [5, 5.41) is 11.5. The molecule has 0 unspecified atom stereocenters. The molecule has 0 saturated heterocycles. The number of ether oxygens (including phenoxy) is 1. The van der Waals surface area contributed by atoms with Crippen LogP contribution in [-0.2, 0) is 14.8 Å². The van der Waals surface area contributed by atoms with E-state index >= 15 is 0 Å². The van der Waals surface area contributed by atoms with Gasteiger partial charge < -0.3 is 9.84 Å². The first-order chi connectivity index (χ1) is 8.19. The van der Waals surface area contributed by atoms with Crippen LogP contribution in [0.3, 0.4) is 0 Å². The van der Waals surface area contributed by atoms with Crippen molar-refractivity contribution < 1.29 is 23.1 Å². The molecule has 0 aliphatic carbocycles. The molecule has 1 rings (SSSR count). The summed E-state index contributed by atoms with van der Waals surface area (Å²) in [5.41, 5.74) is 0.0390. The number of carbonyl (C=O) groups excluding carboxylic acids is 1. The first kappa shape index (κ1) is 14.9. The molecule has 1 aromatic carbocycles. The van der Waals surface area contributed by atoms with Crippen molar-refractivity contribution in [2.24, 2.45) is 4.40 Å². The number of nitrogens with zero attached hydrogens (tertiary/aromatic N) is 1. The Bertz CT molecular complexity index is 609. The van der Waals surface area contributed by atoms with Gasteiger partial charge in [0.05, 0.1) is 9.83 Å². The third-order valence-electron chi connectivity index (χ3n) is 1.68. The molecule has 0 atom stereocenters. The second kappa shape index (κ2) is 5.65. The van der Waals surface area contributed by atoms with Crippen LogP contribution in [0.5, 0.6) is 5.75 Å². The number of carbonyl (C=O) groups is 1. The van der Waals surface area contributed by atoms with Gasteiger partial charge in [0.15, 0.2) is 0 Å². The molecule has 0 bridgehead atoms. The van der Waals surface area contributed by atoms with Crippen molar-refractivity contribution >= 4 is 44.5 Å². The number of rotatable bonds is 3. The Labute approximate surface area is 118 Å². The van der Waals surface area contributed by atoms with Gasteiger partial charge in [-0.25, -0.2) is 8.42 Å². The van der Waals surface area contributed by atoms with Gasteiger partial charge in [-0.15, -0.1) is 0 Å². The van der Waals surface area contributed by atoms with Gasteiger partial charge in [0.2, 0.25) is 10.0 Å². The summed E-state index contributed by atoms with van der Waals surface area (Å²) in [6, 6.07) is 4.22. The Morgan fingerprint density at radius 3 is 2.56 bits per heavy atom. The maximum Gasteiger partial charge on any atom is 0.308 e. The predicted octanol–water partition coefficient (Wildman–Crippen LogP) is 0.283. The Balaban J connectivity index is 3.20. The monoisotopic (exact) mass is 382 g/mol. The minimum atomic E-state index is -3.75. The summed E-state index contributed by atoms with van der Waals surface area (Å²) in [5.74, 6) is -1.24. The topological polar surface area (TPSA) is 95.9 Å². The Hall–Kier alpha value is -1.16. The Morgan fingerprint density at radius 2 is 2.06 bits per heavy atom. The minimum Gasteiger partial charge on any atom is -0.858 e. The highest BCUT2D eigenvalue weighted by atomic mass is 127. The van der Waals surface area contributed by atoms with Crippen LogP contribution in [-0.4, -0.2) is 26.5 Å². The fraction of sp³-hybridized carbons (Fsp3) is 0.200. The average molecular weight is 382 g/mol. The van der Waals surface area contributed by atoms with E-state index in [4.69, 9.17) is 4.74 Å². The van der Waals surface area contributed by atoms with Crippen LogP contribution in [0.25, 0.3) is 0 Å². The molecule has 0 aliphatic rings.